The Labute approximate surface area is 113 Å². The monoisotopic (exact) mass is 321 g/mol. The Morgan fingerprint density at radius 2 is 2.00 bits per heavy atom. The number of benzene rings is 1. The van der Waals surface area contributed by atoms with Crippen LogP contribution in [0, 0.1) is 5.82 Å². The van der Waals surface area contributed by atoms with E-state index in [2.05, 4.69) is 20.7 Å². The second-order valence-corrected chi connectivity index (χ2v) is 7.80. The zero-order valence-electron chi connectivity index (χ0n) is 10.4. The summed E-state index contributed by atoms with van der Waals surface area (Å²) in [6.45, 7) is 7.43. The van der Waals surface area contributed by atoms with Crippen molar-refractivity contribution in [1.29, 1.82) is 0 Å². The van der Waals surface area contributed by atoms with E-state index in [0.29, 0.717) is 10.0 Å². The van der Waals surface area contributed by atoms with Gasteiger partial charge in [-0.1, -0.05) is 22.0 Å². The van der Waals surface area contributed by atoms with Crippen LogP contribution in [0.5, 0.6) is 0 Å². The molecule has 0 aliphatic heterocycles. The van der Waals surface area contributed by atoms with E-state index in [-0.39, 0.29) is 16.6 Å². The minimum Gasteiger partial charge on any atom is -0.242 e. The average Bonchev–Trinajstić information content (AvgIpc) is 2.15. The molecule has 0 fully saturated rings. The Morgan fingerprint density at radius 3 is 2.47 bits per heavy atom. The molecule has 0 aliphatic rings. The topological polar surface area (TPSA) is 29.1 Å². The second kappa shape index (κ2) is 5.59. The Hall–Kier alpha value is -0.260. The highest BCUT2D eigenvalue weighted by Gasteiger charge is 2.22. The highest BCUT2D eigenvalue weighted by atomic mass is 79.9. The second-order valence-electron chi connectivity index (χ2n) is 4.89. The van der Waals surface area contributed by atoms with Crippen LogP contribution in [0.15, 0.2) is 22.7 Å². The molecule has 0 amide bonds. The lowest BCUT2D eigenvalue weighted by atomic mass is 10.1. The molecule has 0 radical (unpaired) electrons. The fourth-order valence-corrected chi connectivity index (χ4v) is 2.39. The molecule has 1 N–H and O–H groups in total. The summed E-state index contributed by atoms with van der Waals surface area (Å²) in [4.78, 5) is 0. The first kappa shape index (κ1) is 14.8. The van der Waals surface area contributed by atoms with Crippen LogP contribution in [0.3, 0.4) is 0 Å². The van der Waals surface area contributed by atoms with Gasteiger partial charge in [0, 0.05) is 16.1 Å². The van der Waals surface area contributed by atoms with Crippen molar-refractivity contribution < 1.29 is 8.60 Å². The van der Waals surface area contributed by atoms with E-state index in [1.807, 2.05) is 20.8 Å². The van der Waals surface area contributed by atoms with E-state index in [0.717, 1.165) is 0 Å². The van der Waals surface area contributed by atoms with Gasteiger partial charge in [-0.2, -0.15) is 0 Å². The molecule has 0 saturated heterocycles. The lowest BCUT2D eigenvalue weighted by molar-refractivity contribution is 0.571. The summed E-state index contributed by atoms with van der Waals surface area (Å²) in [5, 5.41) is 0. The minimum atomic E-state index is -1.21. The van der Waals surface area contributed by atoms with Crippen LogP contribution in [0.25, 0.3) is 0 Å². The highest BCUT2D eigenvalue weighted by Crippen LogP contribution is 2.22. The molecule has 0 bridgehead atoms. The molecule has 1 rings (SSSR count). The van der Waals surface area contributed by atoms with Crippen LogP contribution in [0.2, 0.25) is 0 Å². The van der Waals surface area contributed by atoms with Gasteiger partial charge in [-0.25, -0.2) is 13.3 Å². The van der Waals surface area contributed by atoms with Crippen LogP contribution in [-0.2, 0) is 11.0 Å². The molecule has 2 atom stereocenters. The number of rotatable bonds is 3. The maximum absolute atomic E-state index is 13.7. The molecule has 1 aromatic carbocycles. The van der Waals surface area contributed by atoms with Crippen LogP contribution in [0.4, 0.5) is 4.39 Å². The molecular weight excluding hydrogens is 305 g/mol. The van der Waals surface area contributed by atoms with Crippen molar-refractivity contribution in [2.24, 2.45) is 0 Å². The van der Waals surface area contributed by atoms with Crippen molar-refractivity contribution in [2.45, 2.75) is 38.5 Å². The summed E-state index contributed by atoms with van der Waals surface area (Å²) in [6, 6.07) is 4.59. The van der Waals surface area contributed by atoms with Gasteiger partial charge in [0.25, 0.3) is 0 Å². The van der Waals surface area contributed by atoms with Gasteiger partial charge in [-0.15, -0.1) is 0 Å². The van der Waals surface area contributed by atoms with Crippen LogP contribution >= 0.6 is 15.9 Å². The van der Waals surface area contributed by atoms with Crippen molar-refractivity contribution >= 4 is 26.9 Å². The van der Waals surface area contributed by atoms with Crippen LogP contribution in [0.1, 0.15) is 39.3 Å². The quantitative estimate of drug-likeness (QED) is 0.903. The first-order chi connectivity index (χ1) is 7.71. The fraction of sp³-hybridized carbons (Fsp3) is 0.500. The summed E-state index contributed by atoms with van der Waals surface area (Å²) in [7, 11) is -1.21. The van der Waals surface area contributed by atoms with Gasteiger partial charge < -0.3 is 0 Å². The predicted molar refractivity (Wildman–Crippen MR) is 73.5 cm³/mol. The summed E-state index contributed by atoms with van der Waals surface area (Å²) in [5.74, 6) is -0.301. The van der Waals surface area contributed by atoms with Crippen molar-refractivity contribution in [2.75, 3.05) is 0 Å². The van der Waals surface area contributed by atoms with Gasteiger partial charge in [0.05, 0.1) is 15.7 Å². The molecule has 0 spiro atoms. The minimum absolute atomic E-state index is 0.289. The van der Waals surface area contributed by atoms with E-state index >= 15 is 0 Å². The Kier molecular flexibility index (Phi) is 4.86. The molecule has 0 unspecified atom stereocenters. The smallest absolute Gasteiger partial charge is 0.129 e. The summed E-state index contributed by atoms with van der Waals surface area (Å²) < 4.78 is 28.8. The van der Waals surface area contributed by atoms with E-state index in [1.54, 1.807) is 19.1 Å². The van der Waals surface area contributed by atoms with Gasteiger partial charge in [-0.3, -0.25) is 0 Å². The Morgan fingerprint density at radius 1 is 1.41 bits per heavy atom. The molecule has 0 aromatic heterocycles. The number of nitrogens with one attached hydrogen (secondary N) is 1. The van der Waals surface area contributed by atoms with Crippen molar-refractivity contribution in [1.82, 2.24) is 4.72 Å². The van der Waals surface area contributed by atoms with Crippen molar-refractivity contribution in [3.63, 3.8) is 0 Å². The zero-order valence-corrected chi connectivity index (χ0v) is 12.8. The molecule has 1 aromatic rings. The third-order valence-electron chi connectivity index (χ3n) is 2.27. The molecular formula is C12H17BrFNOS. The van der Waals surface area contributed by atoms with Gasteiger partial charge >= 0.3 is 0 Å². The lowest BCUT2D eigenvalue weighted by Gasteiger charge is -2.22. The normalized spacial score (nSPS) is 15.6. The van der Waals surface area contributed by atoms with E-state index in [1.165, 1.54) is 6.07 Å². The van der Waals surface area contributed by atoms with Gasteiger partial charge in [0.1, 0.15) is 5.82 Å². The summed E-state index contributed by atoms with van der Waals surface area (Å²) in [5.41, 5.74) is 0.519. The highest BCUT2D eigenvalue weighted by molar-refractivity contribution is 9.10. The molecule has 0 aliphatic carbocycles. The van der Waals surface area contributed by atoms with Gasteiger partial charge in [-0.05, 0) is 39.8 Å². The van der Waals surface area contributed by atoms with E-state index in [9.17, 15) is 8.60 Å². The number of hydrogen-bond donors (Lipinski definition) is 1. The molecule has 17 heavy (non-hydrogen) atoms. The van der Waals surface area contributed by atoms with E-state index in [4.69, 9.17) is 0 Å². The number of hydrogen-bond acceptors (Lipinski definition) is 1. The first-order valence-corrected chi connectivity index (χ1v) is 7.29. The summed E-state index contributed by atoms with van der Waals surface area (Å²) >= 11 is 3.21. The molecule has 0 heterocycles. The Bertz CT molecular complexity index is 431. The molecule has 2 nitrogen and oxygen atoms in total. The Balaban J connectivity index is 2.84. The average molecular weight is 322 g/mol. The van der Waals surface area contributed by atoms with Crippen molar-refractivity contribution in [3.05, 3.63) is 34.1 Å². The molecule has 96 valence electrons. The number of halogens is 2. The van der Waals surface area contributed by atoms with E-state index < -0.39 is 11.0 Å². The standard InChI is InChI=1S/C12H17BrFNOS/c1-8(15-17(16)12(2,3)4)10-6-5-9(13)7-11(10)14/h5-8,15H,1-4H3/t8-,17+/m0/s1. The maximum atomic E-state index is 13.7. The van der Waals surface area contributed by atoms with Gasteiger partial charge in [0.2, 0.25) is 0 Å². The fourth-order valence-electron chi connectivity index (χ4n) is 1.25. The first-order valence-electron chi connectivity index (χ1n) is 5.35. The molecule has 0 saturated carbocycles. The predicted octanol–water partition coefficient (Wildman–Crippen LogP) is 3.70. The third kappa shape index (κ3) is 4.16. The largest absolute Gasteiger partial charge is 0.242 e. The van der Waals surface area contributed by atoms with Crippen LogP contribution in [-0.4, -0.2) is 8.96 Å². The summed E-state index contributed by atoms with van der Waals surface area (Å²) in [6.07, 6.45) is 0. The van der Waals surface area contributed by atoms with Gasteiger partial charge in [0.15, 0.2) is 0 Å². The van der Waals surface area contributed by atoms with Crippen LogP contribution < -0.4 is 4.72 Å². The maximum Gasteiger partial charge on any atom is 0.129 e. The zero-order chi connectivity index (χ0) is 13.2. The lowest BCUT2D eigenvalue weighted by Crippen LogP contribution is -2.35. The molecule has 5 heteroatoms. The third-order valence-corrected chi connectivity index (χ3v) is 4.44. The SMILES string of the molecule is C[C@H](N[S@](=O)C(C)(C)C)c1ccc(Br)cc1F. The van der Waals surface area contributed by atoms with Crippen molar-refractivity contribution in [3.8, 4) is 0 Å².